The number of aromatic amines is 1. The summed E-state index contributed by atoms with van der Waals surface area (Å²) in [5, 5.41) is 3.42. The molecular formula is C13H18ClN3O. The van der Waals surface area contributed by atoms with Crippen LogP contribution in [0.4, 0.5) is 0 Å². The molecule has 0 amide bonds. The standard InChI is InChI=1S/C13H17N3O.ClH/c1-9-8-10(6-7-14-9)16-12-5-3-2-4-11(12)15-13(16)17;/h2-5,9-10,14H,6-8H2,1H3,(H,15,17);1H. The van der Waals surface area contributed by atoms with E-state index in [0.717, 1.165) is 30.4 Å². The van der Waals surface area contributed by atoms with Gasteiger partial charge < -0.3 is 10.3 Å². The van der Waals surface area contributed by atoms with Crippen molar-refractivity contribution in [2.75, 3.05) is 6.54 Å². The number of aromatic nitrogens is 2. The van der Waals surface area contributed by atoms with Gasteiger partial charge in [0, 0.05) is 12.1 Å². The molecule has 0 spiro atoms. The maximum absolute atomic E-state index is 12.0. The van der Waals surface area contributed by atoms with Crippen LogP contribution in [0.2, 0.25) is 0 Å². The molecule has 4 nitrogen and oxygen atoms in total. The van der Waals surface area contributed by atoms with Crippen LogP contribution in [0.5, 0.6) is 0 Å². The summed E-state index contributed by atoms with van der Waals surface area (Å²) in [7, 11) is 0. The van der Waals surface area contributed by atoms with E-state index in [-0.39, 0.29) is 18.1 Å². The average molecular weight is 268 g/mol. The summed E-state index contributed by atoms with van der Waals surface area (Å²) >= 11 is 0. The molecule has 1 aliphatic rings. The predicted molar refractivity (Wildman–Crippen MR) is 75.5 cm³/mol. The van der Waals surface area contributed by atoms with Gasteiger partial charge in [0.1, 0.15) is 0 Å². The second-order valence-electron chi connectivity index (χ2n) is 4.85. The Morgan fingerprint density at radius 2 is 2.11 bits per heavy atom. The summed E-state index contributed by atoms with van der Waals surface area (Å²) in [6.45, 7) is 3.16. The Kier molecular flexibility index (Phi) is 3.78. The first kappa shape index (κ1) is 13.2. The number of halogens is 1. The molecule has 98 valence electrons. The van der Waals surface area contributed by atoms with Crippen LogP contribution >= 0.6 is 12.4 Å². The van der Waals surface area contributed by atoms with Gasteiger partial charge in [0.25, 0.3) is 0 Å². The van der Waals surface area contributed by atoms with E-state index in [1.54, 1.807) is 0 Å². The van der Waals surface area contributed by atoms with Gasteiger partial charge in [0.2, 0.25) is 0 Å². The van der Waals surface area contributed by atoms with Gasteiger partial charge in [-0.15, -0.1) is 12.4 Å². The first-order valence-electron chi connectivity index (χ1n) is 6.18. The predicted octanol–water partition coefficient (Wildman–Crippen LogP) is 2.06. The van der Waals surface area contributed by atoms with E-state index in [4.69, 9.17) is 0 Å². The minimum Gasteiger partial charge on any atom is -0.314 e. The highest BCUT2D eigenvalue weighted by Gasteiger charge is 2.22. The van der Waals surface area contributed by atoms with Crippen molar-refractivity contribution >= 4 is 23.4 Å². The van der Waals surface area contributed by atoms with Crippen LogP contribution in [0.3, 0.4) is 0 Å². The van der Waals surface area contributed by atoms with Gasteiger partial charge in [-0.3, -0.25) is 4.57 Å². The topological polar surface area (TPSA) is 49.8 Å². The molecule has 2 atom stereocenters. The van der Waals surface area contributed by atoms with Crippen molar-refractivity contribution in [3.05, 3.63) is 34.7 Å². The monoisotopic (exact) mass is 267 g/mol. The lowest BCUT2D eigenvalue weighted by molar-refractivity contribution is 0.314. The lowest BCUT2D eigenvalue weighted by atomic mass is 10.0. The Morgan fingerprint density at radius 1 is 1.33 bits per heavy atom. The highest BCUT2D eigenvalue weighted by atomic mass is 35.5. The van der Waals surface area contributed by atoms with Crippen LogP contribution in [-0.4, -0.2) is 22.1 Å². The molecule has 1 aliphatic heterocycles. The number of piperidine rings is 1. The smallest absolute Gasteiger partial charge is 0.314 e. The normalized spacial score (nSPS) is 23.8. The Balaban J connectivity index is 0.00000120. The van der Waals surface area contributed by atoms with Crippen molar-refractivity contribution in [2.24, 2.45) is 0 Å². The molecule has 3 rings (SSSR count). The number of imidazole rings is 1. The molecule has 2 unspecified atom stereocenters. The second-order valence-corrected chi connectivity index (χ2v) is 4.85. The van der Waals surface area contributed by atoms with Crippen molar-refractivity contribution in [3.8, 4) is 0 Å². The summed E-state index contributed by atoms with van der Waals surface area (Å²) in [5.41, 5.74) is 1.98. The summed E-state index contributed by atoms with van der Waals surface area (Å²) in [6, 6.07) is 8.70. The van der Waals surface area contributed by atoms with Gasteiger partial charge in [0.15, 0.2) is 0 Å². The highest BCUT2D eigenvalue weighted by molar-refractivity contribution is 5.85. The molecule has 2 aromatic rings. The molecule has 1 fully saturated rings. The summed E-state index contributed by atoms with van der Waals surface area (Å²) < 4.78 is 1.92. The van der Waals surface area contributed by atoms with Gasteiger partial charge in [-0.25, -0.2) is 4.79 Å². The van der Waals surface area contributed by atoms with Gasteiger partial charge in [-0.1, -0.05) is 12.1 Å². The van der Waals surface area contributed by atoms with Gasteiger partial charge in [-0.05, 0) is 38.4 Å². The highest BCUT2D eigenvalue weighted by Crippen LogP contribution is 2.23. The number of hydrogen-bond acceptors (Lipinski definition) is 2. The van der Waals surface area contributed by atoms with Crippen LogP contribution in [0, 0.1) is 0 Å². The molecular weight excluding hydrogens is 250 g/mol. The molecule has 1 saturated heterocycles. The lowest BCUT2D eigenvalue weighted by Crippen LogP contribution is -2.38. The molecule has 0 aliphatic carbocycles. The Hall–Kier alpha value is -1.26. The van der Waals surface area contributed by atoms with E-state index < -0.39 is 0 Å². The maximum atomic E-state index is 12.0. The molecule has 18 heavy (non-hydrogen) atoms. The minimum atomic E-state index is 0. The van der Waals surface area contributed by atoms with Crippen molar-refractivity contribution in [2.45, 2.75) is 31.8 Å². The largest absolute Gasteiger partial charge is 0.326 e. The van der Waals surface area contributed by atoms with Gasteiger partial charge in [0.05, 0.1) is 11.0 Å². The number of H-pyrrole nitrogens is 1. The minimum absolute atomic E-state index is 0. The number of hydrogen-bond donors (Lipinski definition) is 2. The Labute approximate surface area is 112 Å². The van der Waals surface area contributed by atoms with E-state index in [1.165, 1.54) is 0 Å². The van der Waals surface area contributed by atoms with E-state index in [1.807, 2.05) is 28.8 Å². The number of nitrogens with zero attached hydrogens (tertiary/aromatic N) is 1. The van der Waals surface area contributed by atoms with Gasteiger partial charge in [-0.2, -0.15) is 0 Å². The van der Waals surface area contributed by atoms with E-state index in [2.05, 4.69) is 17.2 Å². The number of rotatable bonds is 1. The molecule has 0 bridgehead atoms. The summed E-state index contributed by atoms with van der Waals surface area (Å²) in [4.78, 5) is 15.0. The number of nitrogens with one attached hydrogen (secondary N) is 2. The van der Waals surface area contributed by atoms with Crippen LogP contribution in [-0.2, 0) is 0 Å². The van der Waals surface area contributed by atoms with Crippen LogP contribution < -0.4 is 11.0 Å². The fourth-order valence-corrected chi connectivity index (χ4v) is 2.78. The van der Waals surface area contributed by atoms with Crippen molar-refractivity contribution in [1.29, 1.82) is 0 Å². The van der Waals surface area contributed by atoms with Crippen LogP contribution in [0.15, 0.2) is 29.1 Å². The fourth-order valence-electron chi connectivity index (χ4n) is 2.78. The third kappa shape index (κ3) is 2.18. The Morgan fingerprint density at radius 3 is 2.89 bits per heavy atom. The zero-order valence-electron chi connectivity index (χ0n) is 10.3. The van der Waals surface area contributed by atoms with Crippen molar-refractivity contribution in [1.82, 2.24) is 14.9 Å². The maximum Gasteiger partial charge on any atom is 0.326 e. The molecule has 5 heteroatoms. The van der Waals surface area contributed by atoms with E-state index >= 15 is 0 Å². The quantitative estimate of drug-likeness (QED) is 0.831. The van der Waals surface area contributed by atoms with E-state index in [9.17, 15) is 4.79 Å². The third-order valence-electron chi connectivity index (χ3n) is 3.59. The number of para-hydroxylation sites is 2. The average Bonchev–Trinajstić information content (AvgIpc) is 2.64. The number of fused-ring (bicyclic) bond motifs is 1. The zero-order valence-corrected chi connectivity index (χ0v) is 11.2. The van der Waals surface area contributed by atoms with E-state index in [0.29, 0.717) is 12.1 Å². The molecule has 0 radical (unpaired) electrons. The first-order valence-corrected chi connectivity index (χ1v) is 6.18. The number of benzene rings is 1. The van der Waals surface area contributed by atoms with Crippen LogP contribution in [0.1, 0.15) is 25.8 Å². The SMILES string of the molecule is CC1CC(n2c(=O)[nH]c3ccccc32)CCN1.Cl. The van der Waals surface area contributed by atoms with Crippen molar-refractivity contribution < 1.29 is 0 Å². The summed E-state index contributed by atoms with van der Waals surface area (Å²) in [5.74, 6) is 0. The third-order valence-corrected chi connectivity index (χ3v) is 3.59. The van der Waals surface area contributed by atoms with Crippen LogP contribution in [0.25, 0.3) is 11.0 Å². The first-order chi connectivity index (χ1) is 8.25. The summed E-state index contributed by atoms with van der Waals surface area (Å²) in [6.07, 6.45) is 2.04. The molecule has 1 aromatic heterocycles. The molecule has 2 N–H and O–H groups in total. The lowest BCUT2D eigenvalue weighted by Gasteiger charge is -2.28. The van der Waals surface area contributed by atoms with Crippen molar-refractivity contribution in [3.63, 3.8) is 0 Å². The Bertz CT molecular complexity index is 589. The van der Waals surface area contributed by atoms with Gasteiger partial charge >= 0.3 is 5.69 Å². The zero-order chi connectivity index (χ0) is 11.8. The molecule has 0 saturated carbocycles. The molecule has 2 heterocycles. The fraction of sp³-hybridized carbons (Fsp3) is 0.462. The second kappa shape index (κ2) is 5.16. The molecule has 1 aromatic carbocycles.